The molecule has 0 radical (unpaired) electrons. The predicted octanol–water partition coefficient (Wildman–Crippen LogP) is 0.788. The lowest BCUT2D eigenvalue weighted by Gasteiger charge is -2.47. The van der Waals surface area contributed by atoms with Crippen LogP contribution in [0.1, 0.15) is 34.1 Å². The normalized spacial score (nSPS) is 35.3. The lowest BCUT2D eigenvalue weighted by Crippen LogP contribution is -2.54. The van der Waals surface area contributed by atoms with Crippen LogP contribution in [0.15, 0.2) is 0 Å². The number of rotatable bonds is 4. The highest BCUT2D eigenvalue weighted by atomic mass is 16.5. The summed E-state index contributed by atoms with van der Waals surface area (Å²) in [6, 6.07) is 0. The Kier molecular flexibility index (Phi) is 4.95. The zero-order chi connectivity index (χ0) is 13.2. The number of hydrogen-bond acceptors (Lipinski definition) is 4. The van der Waals surface area contributed by atoms with Crippen molar-refractivity contribution in [3.63, 3.8) is 0 Å². The van der Waals surface area contributed by atoms with Gasteiger partial charge in [-0.25, -0.2) is 0 Å². The standard InChI is InChI=1S/C13H26O4/c1-8(2)13(3,4)12-10(16)5-9(6-14)11(7-15)17-12/h8-12,14-16H,5-7H2,1-4H3. The average molecular weight is 246 g/mol. The van der Waals surface area contributed by atoms with Crippen molar-refractivity contribution in [1.29, 1.82) is 0 Å². The Morgan fingerprint density at radius 2 is 1.82 bits per heavy atom. The number of ether oxygens (including phenoxy) is 1. The Balaban J connectivity index is 2.82. The molecular formula is C13H26O4. The molecule has 0 aliphatic carbocycles. The van der Waals surface area contributed by atoms with Crippen molar-refractivity contribution in [2.24, 2.45) is 17.3 Å². The van der Waals surface area contributed by atoms with Crippen LogP contribution in [0.3, 0.4) is 0 Å². The molecule has 1 rings (SSSR count). The van der Waals surface area contributed by atoms with Crippen LogP contribution < -0.4 is 0 Å². The quantitative estimate of drug-likeness (QED) is 0.686. The van der Waals surface area contributed by atoms with E-state index in [0.717, 1.165) is 0 Å². The molecule has 17 heavy (non-hydrogen) atoms. The third-order valence-electron chi connectivity index (χ3n) is 4.38. The molecule has 0 aromatic heterocycles. The summed E-state index contributed by atoms with van der Waals surface area (Å²) in [5.74, 6) is 0.196. The van der Waals surface area contributed by atoms with E-state index in [1.807, 2.05) is 0 Å². The van der Waals surface area contributed by atoms with E-state index in [9.17, 15) is 15.3 Å². The molecule has 102 valence electrons. The molecule has 1 saturated heterocycles. The molecule has 4 nitrogen and oxygen atoms in total. The van der Waals surface area contributed by atoms with E-state index >= 15 is 0 Å². The maximum atomic E-state index is 10.2. The van der Waals surface area contributed by atoms with Gasteiger partial charge in [0, 0.05) is 12.5 Å². The minimum atomic E-state index is -0.577. The van der Waals surface area contributed by atoms with Gasteiger partial charge in [0.2, 0.25) is 0 Å². The van der Waals surface area contributed by atoms with E-state index in [1.165, 1.54) is 0 Å². The Hall–Kier alpha value is -0.160. The van der Waals surface area contributed by atoms with Gasteiger partial charge in [-0.15, -0.1) is 0 Å². The van der Waals surface area contributed by atoms with Crippen molar-refractivity contribution < 1.29 is 20.1 Å². The van der Waals surface area contributed by atoms with Crippen molar-refractivity contribution >= 4 is 0 Å². The van der Waals surface area contributed by atoms with Crippen molar-refractivity contribution in [2.75, 3.05) is 13.2 Å². The maximum absolute atomic E-state index is 10.2. The summed E-state index contributed by atoms with van der Waals surface area (Å²) < 4.78 is 5.82. The minimum Gasteiger partial charge on any atom is -0.396 e. The van der Waals surface area contributed by atoms with Crippen LogP contribution in [-0.2, 0) is 4.74 Å². The largest absolute Gasteiger partial charge is 0.396 e. The average Bonchev–Trinajstić information content (AvgIpc) is 2.27. The second-order valence-corrected chi connectivity index (χ2v) is 6.00. The number of aliphatic hydroxyl groups excluding tert-OH is 3. The lowest BCUT2D eigenvalue weighted by atomic mass is 9.71. The van der Waals surface area contributed by atoms with Crippen molar-refractivity contribution in [3.05, 3.63) is 0 Å². The van der Waals surface area contributed by atoms with Crippen LogP contribution in [-0.4, -0.2) is 46.8 Å². The van der Waals surface area contributed by atoms with E-state index in [1.54, 1.807) is 0 Å². The Bertz CT molecular complexity index is 240. The topological polar surface area (TPSA) is 69.9 Å². The highest BCUT2D eigenvalue weighted by molar-refractivity contribution is 4.93. The van der Waals surface area contributed by atoms with Gasteiger partial charge in [0.15, 0.2) is 0 Å². The van der Waals surface area contributed by atoms with E-state index < -0.39 is 6.10 Å². The highest BCUT2D eigenvalue weighted by Crippen LogP contribution is 2.39. The van der Waals surface area contributed by atoms with Crippen LogP contribution in [0.5, 0.6) is 0 Å². The molecular weight excluding hydrogens is 220 g/mol. The molecule has 1 aliphatic rings. The van der Waals surface area contributed by atoms with Gasteiger partial charge in [-0.2, -0.15) is 0 Å². The van der Waals surface area contributed by atoms with Crippen LogP contribution in [0.2, 0.25) is 0 Å². The Labute approximate surface area is 104 Å². The molecule has 1 aliphatic heterocycles. The van der Waals surface area contributed by atoms with Gasteiger partial charge in [-0.05, 0) is 17.8 Å². The first kappa shape index (κ1) is 14.9. The fourth-order valence-electron chi connectivity index (χ4n) is 2.36. The summed E-state index contributed by atoms with van der Waals surface area (Å²) in [4.78, 5) is 0. The summed E-state index contributed by atoms with van der Waals surface area (Å²) >= 11 is 0. The van der Waals surface area contributed by atoms with Gasteiger partial charge in [0.05, 0.1) is 24.9 Å². The molecule has 4 unspecified atom stereocenters. The van der Waals surface area contributed by atoms with E-state index in [2.05, 4.69) is 27.7 Å². The van der Waals surface area contributed by atoms with Crippen molar-refractivity contribution in [2.45, 2.75) is 52.4 Å². The molecule has 0 aromatic rings. The third kappa shape index (κ3) is 2.99. The molecule has 4 heteroatoms. The molecule has 4 atom stereocenters. The number of hydrogen-bond donors (Lipinski definition) is 3. The number of aliphatic hydroxyl groups is 3. The molecule has 0 aromatic carbocycles. The first-order valence-electron chi connectivity index (χ1n) is 6.39. The third-order valence-corrected chi connectivity index (χ3v) is 4.38. The molecule has 0 saturated carbocycles. The molecule has 1 heterocycles. The van der Waals surface area contributed by atoms with E-state index in [4.69, 9.17) is 4.74 Å². The highest BCUT2D eigenvalue weighted by Gasteiger charge is 2.45. The molecule has 0 spiro atoms. The minimum absolute atomic E-state index is 0.0584. The van der Waals surface area contributed by atoms with Crippen LogP contribution in [0.4, 0.5) is 0 Å². The van der Waals surface area contributed by atoms with Gasteiger partial charge in [-0.3, -0.25) is 0 Å². The van der Waals surface area contributed by atoms with Gasteiger partial charge in [-0.1, -0.05) is 27.7 Å². The summed E-state index contributed by atoms with van der Waals surface area (Å²) in [5.41, 5.74) is -0.159. The smallest absolute Gasteiger partial charge is 0.0892 e. The zero-order valence-corrected chi connectivity index (χ0v) is 11.3. The SMILES string of the molecule is CC(C)C(C)(C)C1OC(CO)C(CO)CC1O. The van der Waals surface area contributed by atoms with Gasteiger partial charge >= 0.3 is 0 Å². The van der Waals surface area contributed by atoms with E-state index in [-0.39, 0.29) is 36.8 Å². The summed E-state index contributed by atoms with van der Waals surface area (Å²) in [7, 11) is 0. The first-order chi connectivity index (χ1) is 7.84. The second-order valence-electron chi connectivity index (χ2n) is 6.00. The van der Waals surface area contributed by atoms with Crippen LogP contribution in [0.25, 0.3) is 0 Å². The maximum Gasteiger partial charge on any atom is 0.0892 e. The molecule has 3 N–H and O–H groups in total. The molecule has 0 bridgehead atoms. The Morgan fingerprint density at radius 1 is 1.24 bits per heavy atom. The van der Waals surface area contributed by atoms with Crippen molar-refractivity contribution in [3.8, 4) is 0 Å². The molecule has 1 fully saturated rings. The van der Waals surface area contributed by atoms with Gasteiger partial charge in [0.1, 0.15) is 0 Å². The summed E-state index contributed by atoms with van der Waals surface area (Å²) in [6.07, 6.45) is -0.746. The second kappa shape index (κ2) is 5.65. The lowest BCUT2D eigenvalue weighted by molar-refractivity contribution is -0.205. The van der Waals surface area contributed by atoms with Crippen molar-refractivity contribution in [1.82, 2.24) is 0 Å². The Morgan fingerprint density at radius 3 is 2.24 bits per heavy atom. The van der Waals surface area contributed by atoms with Crippen LogP contribution in [0, 0.1) is 17.3 Å². The fourth-order valence-corrected chi connectivity index (χ4v) is 2.36. The van der Waals surface area contributed by atoms with E-state index in [0.29, 0.717) is 12.3 Å². The van der Waals surface area contributed by atoms with Gasteiger partial charge < -0.3 is 20.1 Å². The van der Waals surface area contributed by atoms with Gasteiger partial charge in [0.25, 0.3) is 0 Å². The predicted molar refractivity (Wildman–Crippen MR) is 65.6 cm³/mol. The van der Waals surface area contributed by atoms with Crippen LogP contribution >= 0.6 is 0 Å². The summed E-state index contributed by atoms with van der Waals surface area (Å²) in [6.45, 7) is 8.17. The summed E-state index contributed by atoms with van der Waals surface area (Å²) in [5, 5.41) is 28.6. The first-order valence-corrected chi connectivity index (χ1v) is 6.39. The monoisotopic (exact) mass is 246 g/mol. The fraction of sp³-hybridized carbons (Fsp3) is 1.00. The molecule has 0 amide bonds. The zero-order valence-electron chi connectivity index (χ0n) is 11.3.